The summed E-state index contributed by atoms with van der Waals surface area (Å²) in [6.07, 6.45) is -4.31. The molecule has 7 heteroatoms. The van der Waals surface area contributed by atoms with Crippen LogP contribution in [0.3, 0.4) is 0 Å². The van der Waals surface area contributed by atoms with E-state index in [1.165, 1.54) is 22.6 Å². The van der Waals surface area contributed by atoms with E-state index in [1.807, 2.05) is 12.1 Å². The molecule has 1 aliphatic rings. The number of nitrogens with zero attached hydrogens (tertiary/aromatic N) is 1. The Hall–Kier alpha value is -1.86. The van der Waals surface area contributed by atoms with E-state index in [2.05, 4.69) is 39.9 Å². The molecule has 1 aromatic heterocycles. The van der Waals surface area contributed by atoms with Crippen LogP contribution in [0.2, 0.25) is 0 Å². The Kier molecular flexibility index (Phi) is 7.01. The zero-order valence-corrected chi connectivity index (χ0v) is 17.3. The van der Waals surface area contributed by atoms with E-state index in [1.54, 1.807) is 11.3 Å². The number of halogens is 4. The first-order chi connectivity index (χ1) is 13.5. The number of nitrogens with one attached hydrogen (secondary N) is 1. The van der Waals surface area contributed by atoms with Crippen LogP contribution >= 0.6 is 23.7 Å². The first-order valence-electron chi connectivity index (χ1n) is 9.28. The Morgan fingerprint density at radius 1 is 0.862 bits per heavy atom. The van der Waals surface area contributed by atoms with Gasteiger partial charge in [-0.15, -0.1) is 23.7 Å². The van der Waals surface area contributed by atoms with Gasteiger partial charge < -0.3 is 5.32 Å². The number of hydrogen-bond donors (Lipinski definition) is 1. The van der Waals surface area contributed by atoms with E-state index in [0.29, 0.717) is 0 Å². The average Bonchev–Trinajstić information content (AvgIpc) is 3.23. The molecule has 0 radical (unpaired) electrons. The monoisotopic (exact) mass is 438 g/mol. The van der Waals surface area contributed by atoms with Gasteiger partial charge in [0.15, 0.2) is 0 Å². The maximum atomic E-state index is 12.8. The van der Waals surface area contributed by atoms with Crippen molar-refractivity contribution in [1.82, 2.24) is 10.2 Å². The minimum atomic E-state index is -4.31. The smallest absolute Gasteiger partial charge is 0.314 e. The lowest BCUT2D eigenvalue weighted by molar-refractivity contribution is -0.137. The van der Waals surface area contributed by atoms with Crippen LogP contribution in [0.4, 0.5) is 13.2 Å². The van der Waals surface area contributed by atoms with Crippen molar-refractivity contribution in [3.63, 3.8) is 0 Å². The van der Waals surface area contributed by atoms with Gasteiger partial charge in [0.2, 0.25) is 0 Å². The maximum absolute atomic E-state index is 12.8. The zero-order chi connectivity index (χ0) is 19.6. The molecule has 0 spiro atoms. The first-order valence-corrected chi connectivity index (χ1v) is 10.2. The third-order valence-corrected chi connectivity index (χ3v) is 6.03. The molecular weight excluding hydrogens is 417 g/mol. The molecule has 0 amide bonds. The van der Waals surface area contributed by atoms with Crippen molar-refractivity contribution in [1.29, 1.82) is 0 Å². The molecule has 154 valence electrons. The van der Waals surface area contributed by atoms with Crippen molar-refractivity contribution in [2.24, 2.45) is 0 Å². The molecule has 1 aliphatic heterocycles. The fourth-order valence-electron chi connectivity index (χ4n) is 3.65. The lowest BCUT2D eigenvalue weighted by atomic mass is 9.98. The Morgan fingerprint density at radius 3 is 1.97 bits per heavy atom. The summed E-state index contributed by atoms with van der Waals surface area (Å²) in [6.45, 7) is 3.93. The Bertz CT molecular complexity index is 887. The standard InChI is InChI=1S/C22H21F3N2S.ClH/c23-22(24,25)19-9-7-17(8-10-19)16-3-5-18(6-4-16)21(20-2-1-15-28-20)27-13-11-26-12-14-27;/h1-10,15,21,26H,11-14H2;1H/t21-;/m0./s1. The van der Waals surface area contributed by atoms with E-state index in [4.69, 9.17) is 0 Å². The highest BCUT2D eigenvalue weighted by Crippen LogP contribution is 2.34. The number of thiophene rings is 1. The highest BCUT2D eigenvalue weighted by molar-refractivity contribution is 7.10. The minimum Gasteiger partial charge on any atom is -0.314 e. The maximum Gasteiger partial charge on any atom is 0.416 e. The van der Waals surface area contributed by atoms with E-state index in [-0.39, 0.29) is 18.4 Å². The largest absolute Gasteiger partial charge is 0.416 e. The van der Waals surface area contributed by atoms with E-state index >= 15 is 0 Å². The molecule has 1 atom stereocenters. The third kappa shape index (κ3) is 5.01. The molecule has 1 saturated heterocycles. The average molecular weight is 439 g/mol. The van der Waals surface area contributed by atoms with Crippen molar-refractivity contribution in [2.45, 2.75) is 12.2 Å². The molecule has 0 aliphatic carbocycles. The van der Waals surface area contributed by atoms with Gasteiger partial charge in [-0.1, -0.05) is 42.5 Å². The molecule has 29 heavy (non-hydrogen) atoms. The molecule has 2 aromatic carbocycles. The summed E-state index contributed by atoms with van der Waals surface area (Å²) in [7, 11) is 0. The Labute approximate surface area is 178 Å². The van der Waals surface area contributed by atoms with Gasteiger partial charge in [-0.3, -0.25) is 4.90 Å². The Morgan fingerprint density at radius 2 is 1.45 bits per heavy atom. The fraction of sp³-hybridized carbons (Fsp3) is 0.273. The highest BCUT2D eigenvalue weighted by Gasteiger charge is 2.30. The van der Waals surface area contributed by atoms with Crippen molar-refractivity contribution >= 4 is 23.7 Å². The van der Waals surface area contributed by atoms with Crippen molar-refractivity contribution in [3.05, 3.63) is 82.0 Å². The number of rotatable bonds is 4. The van der Waals surface area contributed by atoms with Crippen LogP contribution in [-0.4, -0.2) is 31.1 Å². The van der Waals surface area contributed by atoms with Crippen LogP contribution < -0.4 is 5.32 Å². The van der Waals surface area contributed by atoms with Gasteiger partial charge in [-0.25, -0.2) is 0 Å². The van der Waals surface area contributed by atoms with Crippen LogP contribution in [0.25, 0.3) is 11.1 Å². The molecule has 0 unspecified atom stereocenters. The molecule has 1 N–H and O–H groups in total. The molecule has 4 rings (SSSR count). The molecule has 0 saturated carbocycles. The minimum absolute atomic E-state index is 0. The number of piperazine rings is 1. The van der Waals surface area contributed by atoms with E-state index in [0.717, 1.165) is 49.4 Å². The third-order valence-electron chi connectivity index (χ3n) is 5.10. The van der Waals surface area contributed by atoms with Gasteiger partial charge in [-0.05, 0) is 40.3 Å². The normalized spacial score (nSPS) is 16.2. The molecule has 1 fully saturated rings. The fourth-order valence-corrected chi connectivity index (χ4v) is 4.54. The van der Waals surface area contributed by atoms with Gasteiger partial charge in [0, 0.05) is 31.1 Å². The van der Waals surface area contributed by atoms with Gasteiger partial charge >= 0.3 is 6.18 Å². The van der Waals surface area contributed by atoms with Crippen molar-refractivity contribution in [2.75, 3.05) is 26.2 Å². The van der Waals surface area contributed by atoms with Gasteiger partial charge in [-0.2, -0.15) is 13.2 Å². The van der Waals surface area contributed by atoms with Crippen LogP contribution in [0.5, 0.6) is 0 Å². The number of hydrogen-bond acceptors (Lipinski definition) is 3. The number of benzene rings is 2. The summed E-state index contributed by atoms with van der Waals surface area (Å²) in [5.41, 5.74) is 2.29. The van der Waals surface area contributed by atoms with Crippen molar-refractivity contribution in [3.8, 4) is 11.1 Å². The second kappa shape index (κ2) is 9.30. The highest BCUT2D eigenvalue weighted by atomic mass is 35.5. The zero-order valence-electron chi connectivity index (χ0n) is 15.7. The van der Waals surface area contributed by atoms with E-state index < -0.39 is 11.7 Å². The van der Waals surface area contributed by atoms with Gasteiger partial charge in [0.25, 0.3) is 0 Å². The second-order valence-corrected chi connectivity index (χ2v) is 7.88. The predicted molar refractivity (Wildman–Crippen MR) is 115 cm³/mol. The predicted octanol–water partition coefficient (Wildman–Crippen LogP) is 5.85. The van der Waals surface area contributed by atoms with Gasteiger partial charge in [0.1, 0.15) is 0 Å². The van der Waals surface area contributed by atoms with Crippen LogP contribution in [-0.2, 0) is 6.18 Å². The molecule has 0 bridgehead atoms. The van der Waals surface area contributed by atoms with Crippen LogP contribution in [0.15, 0.2) is 66.0 Å². The summed E-state index contributed by atoms with van der Waals surface area (Å²) in [6, 6.07) is 18.0. The summed E-state index contributed by atoms with van der Waals surface area (Å²) in [4.78, 5) is 3.79. The quantitative estimate of drug-likeness (QED) is 0.549. The van der Waals surface area contributed by atoms with Crippen molar-refractivity contribution < 1.29 is 13.2 Å². The molecular formula is C22H22ClF3N2S. The second-order valence-electron chi connectivity index (χ2n) is 6.90. The van der Waals surface area contributed by atoms with E-state index in [9.17, 15) is 13.2 Å². The summed E-state index contributed by atoms with van der Waals surface area (Å²) in [5.74, 6) is 0. The SMILES string of the molecule is Cl.FC(F)(F)c1ccc(-c2ccc([C@@H](c3cccs3)N3CCNCC3)cc2)cc1. The Balaban J connectivity index is 0.00000240. The summed E-state index contributed by atoms with van der Waals surface area (Å²) in [5, 5.41) is 5.49. The summed E-state index contributed by atoms with van der Waals surface area (Å²) >= 11 is 1.76. The molecule has 2 nitrogen and oxygen atoms in total. The lowest BCUT2D eigenvalue weighted by Crippen LogP contribution is -2.45. The molecule has 2 heterocycles. The van der Waals surface area contributed by atoms with Crippen LogP contribution in [0.1, 0.15) is 22.0 Å². The van der Waals surface area contributed by atoms with Gasteiger partial charge in [0.05, 0.1) is 11.6 Å². The summed E-state index contributed by atoms with van der Waals surface area (Å²) < 4.78 is 38.3. The lowest BCUT2D eigenvalue weighted by Gasteiger charge is -2.34. The topological polar surface area (TPSA) is 15.3 Å². The molecule has 3 aromatic rings. The first kappa shape index (κ1) is 21.8. The van der Waals surface area contributed by atoms with Crippen LogP contribution in [0, 0.1) is 0 Å². The number of alkyl halides is 3.